The van der Waals surface area contributed by atoms with Crippen molar-refractivity contribution in [2.24, 2.45) is 5.92 Å². The molecule has 2 heterocycles. The van der Waals surface area contributed by atoms with E-state index in [1.807, 2.05) is 54.6 Å². The van der Waals surface area contributed by atoms with Crippen LogP contribution in [0.5, 0.6) is 11.5 Å². The van der Waals surface area contributed by atoms with E-state index in [4.69, 9.17) is 9.47 Å². The number of hydrogen-bond acceptors (Lipinski definition) is 5. The summed E-state index contributed by atoms with van der Waals surface area (Å²) >= 11 is 0. The Bertz CT molecular complexity index is 1040. The zero-order valence-electron chi connectivity index (χ0n) is 20.1. The van der Waals surface area contributed by atoms with Crippen molar-refractivity contribution in [1.29, 1.82) is 0 Å². The number of esters is 1. The summed E-state index contributed by atoms with van der Waals surface area (Å²) in [7, 11) is 1.71. The number of nitrogens with one attached hydrogen (secondary N) is 1. The number of likely N-dealkylation sites (tertiary alicyclic amines) is 1. The topological polar surface area (TPSA) is 71.1 Å². The first-order valence-corrected chi connectivity index (χ1v) is 12.0. The molecule has 4 rings (SSSR count). The van der Waals surface area contributed by atoms with Gasteiger partial charge in [-0.2, -0.15) is 0 Å². The van der Waals surface area contributed by atoms with E-state index in [1.165, 1.54) is 0 Å². The molecule has 1 N–H and O–H groups in total. The van der Waals surface area contributed by atoms with Gasteiger partial charge in [-0.15, -0.1) is 0 Å². The molecule has 1 atom stereocenters. The molecule has 2 aromatic rings. The highest BCUT2D eigenvalue weighted by Gasteiger charge is 2.37. The van der Waals surface area contributed by atoms with Crippen molar-refractivity contribution in [2.45, 2.75) is 32.7 Å². The average molecular weight is 464 g/mol. The van der Waals surface area contributed by atoms with Crippen molar-refractivity contribution in [3.05, 3.63) is 71.4 Å². The van der Waals surface area contributed by atoms with Crippen LogP contribution in [0.3, 0.4) is 0 Å². The Balaban J connectivity index is 1.69. The third-order valence-corrected chi connectivity index (χ3v) is 6.49. The van der Waals surface area contributed by atoms with Gasteiger partial charge in [0.05, 0.1) is 18.2 Å². The second-order valence-electron chi connectivity index (χ2n) is 8.97. The summed E-state index contributed by atoms with van der Waals surface area (Å²) in [4.78, 5) is 30.0. The molecular formula is C27H33N3O4. The maximum absolute atomic E-state index is 13.2. The maximum Gasteiger partial charge on any atom is 0.338 e. The molecule has 0 radical (unpaired) electrons. The van der Waals surface area contributed by atoms with Gasteiger partial charge in [0, 0.05) is 19.3 Å². The fraction of sp³-hybridized carbons (Fsp3) is 0.407. The van der Waals surface area contributed by atoms with Crippen molar-refractivity contribution >= 4 is 12.0 Å². The van der Waals surface area contributed by atoms with Gasteiger partial charge in [-0.1, -0.05) is 37.3 Å². The van der Waals surface area contributed by atoms with E-state index >= 15 is 0 Å². The van der Waals surface area contributed by atoms with Gasteiger partial charge in [0.15, 0.2) is 0 Å². The van der Waals surface area contributed by atoms with Crippen LogP contribution in [0.15, 0.2) is 65.9 Å². The number of nitrogens with zero attached hydrogens (tertiary/aromatic N) is 2. The van der Waals surface area contributed by atoms with Crippen molar-refractivity contribution in [3.8, 4) is 11.5 Å². The lowest BCUT2D eigenvalue weighted by atomic mass is 9.93. The molecule has 1 saturated heterocycles. The van der Waals surface area contributed by atoms with E-state index in [0.29, 0.717) is 35.2 Å². The van der Waals surface area contributed by atoms with Crippen molar-refractivity contribution < 1.29 is 19.1 Å². The Morgan fingerprint density at radius 3 is 2.47 bits per heavy atom. The molecule has 34 heavy (non-hydrogen) atoms. The Morgan fingerprint density at radius 2 is 1.76 bits per heavy atom. The number of hydrogen-bond donors (Lipinski definition) is 1. The number of likely N-dealkylation sites (N-methyl/N-ethyl adjacent to an activating group) is 1. The minimum absolute atomic E-state index is 0.243. The summed E-state index contributed by atoms with van der Waals surface area (Å²) in [5.74, 6) is 1.64. The normalized spacial score (nSPS) is 19.7. The van der Waals surface area contributed by atoms with Gasteiger partial charge in [-0.05, 0) is 68.6 Å². The predicted molar refractivity (Wildman–Crippen MR) is 130 cm³/mol. The van der Waals surface area contributed by atoms with E-state index in [1.54, 1.807) is 18.9 Å². The number of urea groups is 1. The van der Waals surface area contributed by atoms with Crippen LogP contribution in [0, 0.1) is 5.92 Å². The Labute approximate surface area is 201 Å². The van der Waals surface area contributed by atoms with E-state index in [-0.39, 0.29) is 12.6 Å². The van der Waals surface area contributed by atoms with Crippen LogP contribution in [0.1, 0.15) is 38.3 Å². The Kier molecular flexibility index (Phi) is 7.53. The molecule has 180 valence electrons. The number of carbonyl (C=O) groups excluding carboxylic acids is 2. The SMILES string of the molecule is CCOC(=O)C1=C(CN2CCC(C)CC2)N(C)C(=O)NC1c1cccc(Oc2ccccc2)c1. The molecule has 0 saturated carbocycles. The fourth-order valence-corrected chi connectivity index (χ4v) is 4.46. The van der Waals surface area contributed by atoms with Crippen LogP contribution >= 0.6 is 0 Å². The minimum atomic E-state index is -0.624. The van der Waals surface area contributed by atoms with Gasteiger partial charge >= 0.3 is 12.0 Å². The van der Waals surface area contributed by atoms with E-state index in [9.17, 15) is 9.59 Å². The molecule has 1 fully saturated rings. The first-order chi connectivity index (χ1) is 16.5. The summed E-state index contributed by atoms with van der Waals surface area (Å²) in [6, 6.07) is 16.1. The third kappa shape index (κ3) is 5.42. The molecule has 2 aliphatic rings. The van der Waals surface area contributed by atoms with Gasteiger partial charge in [-0.25, -0.2) is 9.59 Å². The predicted octanol–water partition coefficient (Wildman–Crippen LogP) is 4.72. The number of ether oxygens (including phenoxy) is 2. The number of rotatable bonds is 7. The van der Waals surface area contributed by atoms with Crippen LogP contribution < -0.4 is 10.1 Å². The lowest BCUT2D eigenvalue weighted by molar-refractivity contribution is -0.139. The van der Waals surface area contributed by atoms with Gasteiger partial charge in [0.25, 0.3) is 0 Å². The molecule has 0 aliphatic carbocycles. The molecule has 0 spiro atoms. The summed E-state index contributed by atoms with van der Waals surface area (Å²) in [6.07, 6.45) is 2.22. The highest BCUT2D eigenvalue weighted by molar-refractivity contribution is 5.95. The summed E-state index contributed by atoms with van der Waals surface area (Å²) in [6.45, 7) is 6.74. The largest absolute Gasteiger partial charge is 0.463 e. The number of piperidine rings is 1. The molecule has 0 bridgehead atoms. The molecule has 2 aromatic carbocycles. The summed E-state index contributed by atoms with van der Waals surface area (Å²) < 4.78 is 11.5. The quantitative estimate of drug-likeness (QED) is 0.602. The molecular weight excluding hydrogens is 430 g/mol. The van der Waals surface area contributed by atoms with E-state index < -0.39 is 12.0 Å². The van der Waals surface area contributed by atoms with Crippen molar-refractivity contribution in [2.75, 3.05) is 33.3 Å². The Morgan fingerprint density at radius 1 is 1.06 bits per heavy atom. The molecule has 1 unspecified atom stereocenters. The number of amides is 2. The van der Waals surface area contributed by atoms with Crippen molar-refractivity contribution in [1.82, 2.24) is 15.1 Å². The number of benzene rings is 2. The van der Waals surface area contributed by atoms with Gasteiger partial charge in [-0.3, -0.25) is 9.80 Å². The molecule has 2 aliphatic heterocycles. The first-order valence-electron chi connectivity index (χ1n) is 12.0. The second kappa shape index (κ2) is 10.7. The highest BCUT2D eigenvalue weighted by atomic mass is 16.5. The fourth-order valence-electron chi connectivity index (χ4n) is 4.46. The highest BCUT2D eigenvalue weighted by Crippen LogP contribution is 2.34. The molecule has 7 heteroatoms. The maximum atomic E-state index is 13.2. The summed E-state index contributed by atoms with van der Waals surface area (Å²) in [5.41, 5.74) is 1.93. The average Bonchev–Trinajstić information content (AvgIpc) is 2.84. The van der Waals surface area contributed by atoms with Gasteiger partial charge in [0.1, 0.15) is 11.5 Å². The van der Waals surface area contributed by atoms with E-state index in [2.05, 4.69) is 17.1 Å². The standard InChI is InChI=1S/C27H33N3O4/c1-4-33-26(31)24-23(18-30-15-13-19(2)14-16-30)29(3)27(32)28-25(24)20-9-8-12-22(17-20)34-21-10-6-5-7-11-21/h5-12,17,19,25H,4,13-16,18H2,1-3H3,(H,28,32). The van der Waals surface area contributed by atoms with Crippen LogP contribution in [0.4, 0.5) is 4.79 Å². The first kappa shape index (κ1) is 23.8. The number of para-hydroxylation sites is 1. The zero-order valence-corrected chi connectivity index (χ0v) is 20.1. The molecule has 7 nitrogen and oxygen atoms in total. The van der Waals surface area contributed by atoms with Gasteiger partial charge in [0.2, 0.25) is 0 Å². The lowest BCUT2D eigenvalue weighted by Crippen LogP contribution is -2.50. The monoisotopic (exact) mass is 463 g/mol. The Hall–Kier alpha value is -3.32. The lowest BCUT2D eigenvalue weighted by Gasteiger charge is -2.38. The second-order valence-corrected chi connectivity index (χ2v) is 8.97. The molecule has 2 amide bonds. The van der Waals surface area contributed by atoms with Crippen molar-refractivity contribution in [3.63, 3.8) is 0 Å². The van der Waals surface area contributed by atoms with Gasteiger partial charge < -0.3 is 14.8 Å². The number of carbonyl (C=O) groups is 2. The third-order valence-electron chi connectivity index (χ3n) is 6.49. The summed E-state index contributed by atoms with van der Waals surface area (Å²) in [5, 5.41) is 2.99. The smallest absolute Gasteiger partial charge is 0.338 e. The van der Waals surface area contributed by atoms with Crippen LogP contribution in [0.2, 0.25) is 0 Å². The van der Waals surface area contributed by atoms with E-state index in [0.717, 1.165) is 31.5 Å². The minimum Gasteiger partial charge on any atom is -0.463 e. The zero-order chi connectivity index (χ0) is 24.1. The van der Waals surface area contributed by atoms with Crippen LogP contribution in [-0.4, -0.2) is 55.1 Å². The molecule has 0 aromatic heterocycles. The van der Waals surface area contributed by atoms with Crippen LogP contribution in [0.25, 0.3) is 0 Å². The van der Waals surface area contributed by atoms with Crippen LogP contribution in [-0.2, 0) is 9.53 Å².